The van der Waals surface area contributed by atoms with Crippen LogP contribution in [0.2, 0.25) is 0 Å². The van der Waals surface area contributed by atoms with Crippen molar-refractivity contribution in [2.24, 2.45) is 5.73 Å². The van der Waals surface area contributed by atoms with Crippen LogP contribution in [0.25, 0.3) is 11.3 Å². The van der Waals surface area contributed by atoms with E-state index < -0.39 is 0 Å². The lowest BCUT2D eigenvalue weighted by atomic mass is 9.85. The average molecular weight is 369 g/mol. The molecule has 0 aliphatic carbocycles. The van der Waals surface area contributed by atoms with E-state index in [0.29, 0.717) is 6.04 Å². The fourth-order valence-electron chi connectivity index (χ4n) is 3.39. The highest BCUT2D eigenvalue weighted by molar-refractivity contribution is 5.64. The van der Waals surface area contributed by atoms with Crippen molar-refractivity contribution in [3.8, 4) is 17.0 Å². The van der Waals surface area contributed by atoms with Crippen LogP contribution in [0, 0.1) is 0 Å². The normalized spacial score (nSPS) is 16.0. The maximum absolute atomic E-state index is 6.04. The van der Waals surface area contributed by atoms with Gasteiger partial charge in [0.1, 0.15) is 5.75 Å². The molecule has 2 aromatic rings. The van der Waals surface area contributed by atoms with Crippen LogP contribution in [-0.2, 0) is 5.41 Å². The molecule has 5 heteroatoms. The van der Waals surface area contributed by atoms with Crippen molar-refractivity contribution in [3.63, 3.8) is 0 Å². The minimum absolute atomic E-state index is 0.0148. The van der Waals surface area contributed by atoms with E-state index in [4.69, 9.17) is 15.5 Å². The van der Waals surface area contributed by atoms with Crippen molar-refractivity contribution in [2.45, 2.75) is 65.0 Å². The molecule has 0 unspecified atom stereocenters. The molecule has 1 aliphatic rings. The number of anilines is 1. The second-order valence-corrected chi connectivity index (χ2v) is 8.69. The second-order valence-electron chi connectivity index (χ2n) is 8.69. The van der Waals surface area contributed by atoms with Gasteiger partial charge in [-0.25, -0.2) is 9.97 Å². The van der Waals surface area contributed by atoms with E-state index in [-0.39, 0.29) is 11.5 Å². The summed E-state index contributed by atoms with van der Waals surface area (Å²) in [4.78, 5) is 11.6. The SMILES string of the molecule is CC(C)Oc1ccc(-c2ccnc(N3CCC(N)CC3)n2)cc1C(C)(C)C. The van der Waals surface area contributed by atoms with E-state index in [2.05, 4.69) is 62.7 Å². The summed E-state index contributed by atoms with van der Waals surface area (Å²) in [6, 6.07) is 8.63. The summed E-state index contributed by atoms with van der Waals surface area (Å²) < 4.78 is 6.04. The van der Waals surface area contributed by atoms with Crippen LogP contribution in [0.5, 0.6) is 5.75 Å². The Morgan fingerprint density at radius 2 is 1.85 bits per heavy atom. The first-order chi connectivity index (χ1) is 12.7. The third-order valence-electron chi connectivity index (χ3n) is 4.91. The molecule has 1 aromatic carbocycles. The molecule has 0 amide bonds. The summed E-state index contributed by atoms with van der Waals surface area (Å²) in [6.45, 7) is 12.6. The largest absolute Gasteiger partial charge is 0.491 e. The smallest absolute Gasteiger partial charge is 0.225 e. The Kier molecular flexibility index (Phi) is 5.70. The molecule has 1 fully saturated rings. The van der Waals surface area contributed by atoms with Crippen molar-refractivity contribution in [2.75, 3.05) is 18.0 Å². The summed E-state index contributed by atoms with van der Waals surface area (Å²) in [5, 5.41) is 0. The van der Waals surface area contributed by atoms with Gasteiger partial charge in [-0.3, -0.25) is 0 Å². The molecule has 27 heavy (non-hydrogen) atoms. The van der Waals surface area contributed by atoms with Crippen LogP contribution in [0.15, 0.2) is 30.5 Å². The van der Waals surface area contributed by atoms with Gasteiger partial charge in [0.05, 0.1) is 11.8 Å². The zero-order valence-corrected chi connectivity index (χ0v) is 17.2. The Labute approximate surface area is 163 Å². The van der Waals surface area contributed by atoms with Crippen LogP contribution in [-0.4, -0.2) is 35.2 Å². The summed E-state index contributed by atoms with van der Waals surface area (Å²) >= 11 is 0. The molecule has 146 valence electrons. The first-order valence-corrected chi connectivity index (χ1v) is 9.89. The molecule has 0 radical (unpaired) electrons. The van der Waals surface area contributed by atoms with Gasteiger partial charge in [0, 0.05) is 36.5 Å². The van der Waals surface area contributed by atoms with Gasteiger partial charge in [-0.05, 0) is 56.4 Å². The zero-order valence-electron chi connectivity index (χ0n) is 17.2. The van der Waals surface area contributed by atoms with Crippen molar-refractivity contribution < 1.29 is 4.74 Å². The predicted molar refractivity (Wildman–Crippen MR) is 111 cm³/mol. The topological polar surface area (TPSA) is 64.3 Å². The van der Waals surface area contributed by atoms with E-state index in [1.165, 1.54) is 5.56 Å². The number of hydrogen-bond donors (Lipinski definition) is 1. The minimum atomic E-state index is -0.0148. The van der Waals surface area contributed by atoms with Gasteiger partial charge in [-0.2, -0.15) is 0 Å². The van der Waals surface area contributed by atoms with Crippen LogP contribution in [0.1, 0.15) is 53.0 Å². The number of aromatic nitrogens is 2. The highest BCUT2D eigenvalue weighted by Gasteiger charge is 2.22. The monoisotopic (exact) mass is 368 g/mol. The third kappa shape index (κ3) is 4.78. The molecule has 5 nitrogen and oxygen atoms in total. The van der Waals surface area contributed by atoms with Gasteiger partial charge in [-0.15, -0.1) is 0 Å². The highest BCUT2D eigenvalue weighted by atomic mass is 16.5. The molecular weight excluding hydrogens is 336 g/mol. The van der Waals surface area contributed by atoms with Gasteiger partial charge in [0.2, 0.25) is 5.95 Å². The molecule has 2 heterocycles. The van der Waals surface area contributed by atoms with Crippen LogP contribution in [0.4, 0.5) is 5.95 Å². The zero-order chi connectivity index (χ0) is 19.6. The molecule has 1 aromatic heterocycles. The lowest BCUT2D eigenvalue weighted by Gasteiger charge is -2.30. The van der Waals surface area contributed by atoms with Gasteiger partial charge in [0.25, 0.3) is 0 Å². The van der Waals surface area contributed by atoms with Crippen molar-refractivity contribution in [1.29, 1.82) is 0 Å². The van der Waals surface area contributed by atoms with E-state index >= 15 is 0 Å². The first-order valence-electron chi connectivity index (χ1n) is 9.89. The average Bonchev–Trinajstić information content (AvgIpc) is 2.61. The lowest BCUT2D eigenvalue weighted by molar-refractivity contribution is 0.236. The Balaban J connectivity index is 1.93. The maximum Gasteiger partial charge on any atom is 0.225 e. The Morgan fingerprint density at radius 3 is 2.48 bits per heavy atom. The fraction of sp³-hybridized carbons (Fsp3) is 0.545. The van der Waals surface area contributed by atoms with Crippen LogP contribution >= 0.6 is 0 Å². The fourth-order valence-corrected chi connectivity index (χ4v) is 3.39. The molecule has 3 rings (SSSR count). The van der Waals surface area contributed by atoms with E-state index in [9.17, 15) is 0 Å². The quantitative estimate of drug-likeness (QED) is 0.878. The molecule has 0 saturated carbocycles. The summed E-state index contributed by atoms with van der Waals surface area (Å²) in [5.41, 5.74) is 9.23. The molecule has 0 spiro atoms. The number of nitrogens with zero attached hydrogens (tertiary/aromatic N) is 3. The Hall–Kier alpha value is -2.14. The number of piperidine rings is 1. The van der Waals surface area contributed by atoms with Gasteiger partial charge < -0.3 is 15.4 Å². The number of benzene rings is 1. The molecule has 1 saturated heterocycles. The van der Waals surface area contributed by atoms with Crippen LogP contribution in [0.3, 0.4) is 0 Å². The number of nitrogens with two attached hydrogens (primary N) is 1. The van der Waals surface area contributed by atoms with Crippen molar-refractivity contribution in [1.82, 2.24) is 9.97 Å². The van der Waals surface area contributed by atoms with E-state index in [1.807, 2.05) is 12.3 Å². The molecule has 1 aliphatic heterocycles. The van der Waals surface area contributed by atoms with Crippen molar-refractivity contribution >= 4 is 5.95 Å². The van der Waals surface area contributed by atoms with Gasteiger partial charge in [0.15, 0.2) is 0 Å². The standard InChI is InChI=1S/C22H32N4O/c1-15(2)27-20-7-6-16(14-18(20)22(3,4)5)19-8-11-24-21(25-19)26-12-9-17(23)10-13-26/h6-8,11,14-15,17H,9-10,12-13,23H2,1-5H3. The third-order valence-corrected chi connectivity index (χ3v) is 4.91. The lowest BCUT2D eigenvalue weighted by Crippen LogP contribution is -2.40. The number of rotatable bonds is 4. The van der Waals surface area contributed by atoms with E-state index in [1.54, 1.807) is 0 Å². The first kappa shape index (κ1) is 19.6. The number of ether oxygens (including phenoxy) is 1. The number of hydrogen-bond acceptors (Lipinski definition) is 5. The summed E-state index contributed by atoms with van der Waals surface area (Å²) in [6.07, 6.45) is 3.97. The predicted octanol–water partition coefficient (Wildman–Crippen LogP) is 4.16. The Morgan fingerprint density at radius 1 is 1.15 bits per heavy atom. The molecule has 0 atom stereocenters. The minimum Gasteiger partial charge on any atom is -0.491 e. The molecule has 0 bridgehead atoms. The van der Waals surface area contributed by atoms with Crippen LogP contribution < -0.4 is 15.4 Å². The molecule has 2 N–H and O–H groups in total. The van der Waals surface area contributed by atoms with Crippen molar-refractivity contribution in [3.05, 3.63) is 36.0 Å². The van der Waals surface area contributed by atoms with E-state index in [0.717, 1.165) is 48.9 Å². The second kappa shape index (κ2) is 7.85. The molecular formula is C22H32N4O. The highest BCUT2D eigenvalue weighted by Crippen LogP contribution is 2.35. The summed E-state index contributed by atoms with van der Waals surface area (Å²) in [7, 11) is 0. The van der Waals surface area contributed by atoms with Gasteiger partial charge >= 0.3 is 0 Å². The maximum atomic E-state index is 6.04. The van der Waals surface area contributed by atoms with Gasteiger partial charge in [-0.1, -0.05) is 20.8 Å². The summed E-state index contributed by atoms with van der Waals surface area (Å²) in [5.74, 6) is 1.74. The Bertz CT molecular complexity index is 774.